The summed E-state index contributed by atoms with van der Waals surface area (Å²) in [6, 6.07) is 0. The zero-order valence-electron chi connectivity index (χ0n) is 8.10. The van der Waals surface area contributed by atoms with Crippen LogP contribution >= 0.6 is 0 Å². The van der Waals surface area contributed by atoms with Crippen LogP contribution in [0.3, 0.4) is 0 Å². The Hall–Kier alpha value is -1.07. The molecule has 0 aliphatic heterocycles. The van der Waals surface area contributed by atoms with Gasteiger partial charge in [-0.25, -0.2) is 4.79 Å². The molecule has 0 bridgehead atoms. The number of imidazole rings is 1. The van der Waals surface area contributed by atoms with Crippen LogP contribution in [0.5, 0.6) is 0 Å². The lowest BCUT2D eigenvalue weighted by Gasteiger charge is -2.25. The maximum absolute atomic E-state index is 11.0. The number of methoxy groups -OCH3 is 1. The maximum atomic E-state index is 11.0. The normalized spacial score (nSPS) is 15.7. The number of rotatable bonds is 3. The average Bonchev–Trinajstić information content (AvgIpc) is 2.44. The van der Waals surface area contributed by atoms with Gasteiger partial charge in [0.15, 0.2) is 0 Å². The van der Waals surface area contributed by atoms with E-state index in [1.807, 2.05) is 6.92 Å². The minimum Gasteiger partial charge on any atom is -0.371 e. The van der Waals surface area contributed by atoms with Gasteiger partial charge in [0, 0.05) is 19.3 Å². The molecule has 0 spiro atoms. The summed E-state index contributed by atoms with van der Waals surface area (Å²) < 4.78 is 5.25. The van der Waals surface area contributed by atoms with Crippen molar-refractivity contribution >= 4 is 0 Å². The highest BCUT2D eigenvalue weighted by Gasteiger charge is 2.28. The summed E-state index contributed by atoms with van der Waals surface area (Å²) in [7, 11) is 1.57. The minimum atomic E-state index is -0.622. The van der Waals surface area contributed by atoms with Crippen LogP contribution in [0, 0.1) is 6.92 Å². The summed E-state index contributed by atoms with van der Waals surface area (Å²) in [5.74, 6) is 0. The number of aromatic nitrogens is 2. The number of nitrogens with one attached hydrogen (secondary N) is 2. The van der Waals surface area contributed by atoms with Gasteiger partial charge in [0.05, 0.1) is 5.69 Å². The van der Waals surface area contributed by atoms with Crippen molar-refractivity contribution < 1.29 is 4.74 Å². The topological polar surface area (TPSA) is 83.9 Å². The molecule has 0 saturated heterocycles. The summed E-state index contributed by atoms with van der Waals surface area (Å²) in [4.78, 5) is 16.3. The zero-order valence-corrected chi connectivity index (χ0v) is 8.10. The highest BCUT2D eigenvalue weighted by atomic mass is 16.5. The maximum Gasteiger partial charge on any atom is 0.323 e. The van der Waals surface area contributed by atoms with E-state index in [1.165, 1.54) is 0 Å². The first kappa shape index (κ1) is 10.0. The van der Waals surface area contributed by atoms with Gasteiger partial charge < -0.3 is 20.4 Å². The largest absolute Gasteiger partial charge is 0.371 e. The second kappa shape index (κ2) is 3.35. The molecule has 1 heterocycles. The lowest BCUT2D eigenvalue weighted by Crippen LogP contribution is -2.35. The van der Waals surface area contributed by atoms with Crippen LogP contribution < -0.4 is 11.4 Å². The number of ether oxygens (including phenoxy) is 1. The fourth-order valence-electron chi connectivity index (χ4n) is 1.29. The van der Waals surface area contributed by atoms with Crippen LogP contribution in [0.1, 0.15) is 18.3 Å². The first-order valence-corrected chi connectivity index (χ1v) is 4.08. The first-order valence-electron chi connectivity index (χ1n) is 4.08. The third-order valence-corrected chi connectivity index (χ3v) is 2.28. The third kappa shape index (κ3) is 1.66. The molecule has 0 fully saturated rings. The highest BCUT2D eigenvalue weighted by molar-refractivity contribution is 5.17. The van der Waals surface area contributed by atoms with Gasteiger partial charge in [0.1, 0.15) is 5.60 Å². The second-order valence-corrected chi connectivity index (χ2v) is 3.22. The van der Waals surface area contributed by atoms with Crippen LogP contribution in [-0.2, 0) is 10.3 Å². The van der Waals surface area contributed by atoms with E-state index in [1.54, 1.807) is 14.0 Å². The standard InChI is InChI=1S/C8H15N3O2/c1-5-6(11-7(12)10-5)8(2,4-9)13-3/h4,9H2,1-3H3,(H2,10,11,12). The summed E-state index contributed by atoms with van der Waals surface area (Å²) in [5.41, 5.74) is 6.19. The average molecular weight is 185 g/mol. The van der Waals surface area contributed by atoms with Crippen LogP contribution in [0.4, 0.5) is 0 Å². The molecular formula is C8H15N3O2. The zero-order chi connectivity index (χ0) is 10.1. The van der Waals surface area contributed by atoms with Crippen molar-refractivity contribution in [2.24, 2.45) is 5.73 Å². The number of aromatic amines is 2. The Kier molecular flexibility index (Phi) is 2.58. The van der Waals surface area contributed by atoms with Crippen LogP contribution in [0.25, 0.3) is 0 Å². The molecule has 1 unspecified atom stereocenters. The van der Waals surface area contributed by atoms with E-state index in [-0.39, 0.29) is 5.69 Å². The molecular weight excluding hydrogens is 170 g/mol. The predicted octanol–water partition coefficient (Wildman–Crippen LogP) is -0.168. The molecule has 1 aromatic heterocycles. The molecule has 0 aliphatic carbocycles. The van der Waals surface area contributed by atoms with E-state index in [2.05, 4.69) is 9.97 Å². The fourth-order valence-corrected chi connectivity index (χ4v) is 1.29. The quantitative estimate of drug-likeness (QED) is 0.611. The van der Waals surface area contributed by atoms with E-state index < -0.39 is 5.60 Å². The van der Waals surface area contributed by atoms with Gasteiger partial charge in [-0.05, 0) is 13.8 Å². The number of hydrogen-bond donors (Lipinski definition) is 3. The molecule has 0 amide bonds. The van der Waals surface area contributed by atoms with E-state index in [0.717, 1.165) is 5.69 Å². The highest BCUT2D eigenvalue weighted by Crippen LogP contribution is 2.22. The van der Waals surface area contributed by atoms with Gasteiger partial charge in [0.2, 0.25) is 0 Å². The molecule has 0 aromatic carbocycles. The third-order valence-electron chi connectivity index (χ3n) is 2.28. The molecule has 1 atom stereocenters. The Morgan fingerprint density at radius 1 is 1.54 bits per heavy atom. The molecule has 1 aromatic rings. The molecule has 5 heteroatoms. The molecule has 0 saturated carbocycles. The monoisotopic (exact) mass is 185 g/mol. The molecule has 74 valence electrons. The second-order valence-electron chi connectivity index (χ2n) is 3.22. The lowest BCUT2D eigenvalue weighted by atomic mass is 10.0. The van der Waals surface area contributed by atoms with Gasteiger partial charge in [-0.15, -0.1) is 0 Å². The summed E-state index contributed by atoms with van der Waals surface area (Å²) in [6.45, 7) is 3.96. The molecule has 5 nitrogen and oxygen atoms in total. The van der Waals surface area contributed by atoms with E-state index in [4.69, 9.17) is 10.5 Å². The Bertz CT molecular complexity index is 335. The molecule has 0 aliphatic rings. The predicted molar refractivity (Wildman–Crippen MR) is 49.6 cm³/mol. The van der Waals surface area contributed by atoms with Crippen molar-refractivity contribution in [3.63, 3.8) is 0 Å². The van der Waals surface area contributed by atoms with Crippen LogP contribution in [-0.4, -0.2) is 23.6 Å². The van der Waals surface area contributed by atoms with Crippen molar-refractivity contribution in [2.45, 2.75) is 19.4 Å². The number of nitrogens with two attached hydrogens (primary N) is 1. The fraction of sp³-hybridized carbons (Fsp3) is 0.625. The van der Waals surface area contributed by atoms with Crippen molar-refractivity contribution in [1.82, 2.24) is 9.97 Å². The van der Waals surface area contributed by atoms with Gasteiger partial charge in [0.25, 0.3) is 0 Å². The molecule has 4 N–H and O–H groups in total. The minimum absolute atomic E-state index is 0.232. The Morgan fingerprint density at radius 3 is 2.46 bits per heavy atom. The van der Waals surface area contributed by atoms with Gasteiger partial charge >= 0.3 is 5.69 Å². The smallest absolute Gasteiger partial charge is 0.323 e. The Balaban J connectivity index is 3.19. The van der Waals surface area contributed by atoms with Gasteiger partial charge in [-0.1, -0.05) is 0 Å². The van der Waals surface area contributed by atoms with Gasteiger partial charge in [-0.3, -0.25) is 0 Å². The Labute approximate surface area is 76.3 Å². The molecule has 1 rings (SSSR count). The van der Waals surface area contributed by atoms with Gasteiger partial charge in [-0.2, -0.15) is 0 Å². The van der Waals surface area contributed by atoms with Crippen molar-refractivity contribution in [2.75, 3.05) is 13.7 Å². The number of hydrogen-bond acceptors (Lipinski definition) is 3. The molecule has 13 heavy (non-hydrogen) atoms. The Morgan fingerprint density at radius 2 is 2.15 bits per heavy atom. The summed E-state index contributed by atoms with van der Waals surface area (Å²) in [5, 5.41) is 0. The van der Waals surface area contributed by atoms with Crippen molar-refractivity contribution in [3.8, 4) is 0 Å². The van der Waals surface area contributed by atoms with Crippen LogP contribution in [0.2, 0.25) is 0 Å². The van der Waals surface area contributed by atoms with Crippen LogP contribution in [0.15, 0.2) is 4.79 Å². The van der Waals surface area contributed by atoms with Crippen molar-refractivity contribution in [3.05, 3.63) is 21.9 Å². The van der Waals surface area contributed by atoms with E-state index >= 15 is 0 Å². The summed E-state index contributed by atoms with van der Waals surface area (Å²) >= 11 is 0. The number of H-pyrrole nitrogens is 2. The SMILES string of the molecule is COC(C)(CN)c1[nH]c(=O)[nH]c1C. The first-order chi connectivity index (χ1) is 6.03. The van der Waals surface area contributed by atoms with Crippen molar-refractivity contribution in [1.29, 1.82) is 0 Å². The van der Waals surface area contributed by atoms with E-state index in [9.17, 15) is 4.79 Å². The summed E-state index contributed by atoms with van der Waals surface area (Å²) in [6.07, 6.45) is 0. The number of aryl methyl sites for hydroxylation is 1. The molecule has 0 radical (unpaired) electrons. The van der Waals surface area contributed by atoms with E-state index in [0.29, 0.717) is 12.2 Å². The lowest BCUT2D eigenvalue weighted by molar-refractivity contribution is 0.00611.